The summed E-state index contributed by atoms with van der Waals surface area (Å²) in [5.41, 5.74) is 3.05. The third-order valence-corrected chi connectivity index (χ3v) is 3.89. The number of nitriles is 1. The highest BCUT2D eigenvalue weighted by Gasteiger charge is 2.20. The van der Waals surface area contributed by atoms with Crippen molar-refractivity contribution in [1.82, 2.24) is 14.7 Å². The van der Waals surface area contributed by atoms with Crippen LogP contribution in [0, 0.1) is 11.3 Å². The number of hydrogen-bond donors (Lipinski definition) is 0. The molecule has 2 aromatic rings. The molecule has 0 saturated carbocycles. The standard InChI is InChI=1S/C16H18N4/c1-13(14-5-3-2-4-6-14)11-19-7-8-20-16(12-19)9-15(10-17)18-20/h2-6,9,13H,7-8,11-12H2,1H3. The van der Waals surface area contributed by atoms with Crippen molar-refractivity contribution in [2.45, 2.75) is 25.9 Å². The molecule has 0 saturated heterocycles. The number of aromatic nitrogens is 2. The SMILES string of the molecule is CC(CN1CCn2nc(C#N)cc2C1)c1ccccc1. The van der Waals surface area contributed by atoms with Crippen molar-refractivity contribution in [2.75, 3.05) is 13.1 Å². The Kier molecular flexibility index (Phi) is 3.53. The predicted molar refractivity (Wildman–Crippen MR) is 77.1 cm³/mol. The maximum Gasteiger partial charge on any atom is 0.162 e. The molecule has 0 fully saturated rings. The number of nitrogens with zero attached hydrogens (tertiary/aromatic N) is 4. The van der Waals surface area contributed by atoms with Gasteiger partial charge in [0.25, 0.3) is 0 Å². The van der Waals surface area contributed by atoms with Gasteiger partial charge in [-0.25, -0.2) is 0 Å². The molecule has 1 unspecified atom stereocenters. The smallest absolute Gasteiger partial charge is 0.162 e. The van der Waals surface area contributed by atoms with Crippen LogP contribution in [0.2, 0.25) is 0 Å². The number of rotatable bonds is 3. The first-order valence-corrected chi connectivity index (χ1v) is 7.00. The van der Waals surface area contributed by atoms with Gasteiger partial charge in [0.05, 0.1) is 12.2 Å². The third-order valence-electron chi connectivity index (χ3n) is 3.89. The van der Waals surface area contributed by atoms with Crippen molar-refractivity contribution < 1.29 is 0 Å². The van der Waals surface area contributed by atoms with E-state index >= 15 is 0 Å². The second-order valence-electron chi connectivity index (χ2n) is 5.40. The molecule has 4 nitrogen and oxygen atoms in total. The zero-order valence-corrected chi connectivity index (χ0v) is 11.7. The van der Waals surface area contributed by atoms with Crippen LogP contribution < -0.4 is 0 Å². The molecule has 1 aliphatic rings. The molecule has 1 aromatic carbocycles. The normalized spacial score (nSPS) is 16.4. The number of fused-ring (bicyclic) bond motifs is 1. The van der Waals surface area contributed by atoms with Crippen LogP contribution >= 0.6 is 0 Å². The van der Waals surface area contributed by atoms with Crippen molar-refractivity contribution in [3.63, 3.8) is 0 Å². The Morgan fingerprint density at radius 1 is 1.30 bits per heavy atom. The molecule has 3 rings (SSSR count). The van der Waals surface area contributed by atoms with Gasteiger partial charge in [0.2, 0.25) is 0 Å². The van der Waals surface area contributed by atoms with Gasteiger partial charge in [-0.2, -0.15) is 10.4 Å². The third kappa shape index (κ3) is 2.59. The second-order valence-corrected chi connectivity index (χ2v) is 5.40. The highest BCUT2D eigenvalue weighted by molar-refractivity contribution is 5.23. The first-order valence-electron chi connectivity index (χ1n) is 7.00. The molecule has 0 aliphatic carbocycles. The molecular weight excluding hydrogens is 248 g/mol. The minimum Gasteiger partial charge on any atom is -0.295 e. The Hall–Kier alpha value is -2.12. The largest absolute Gasteiger partial charge is 0.295 e. The minimum absolute atomic E-state index is 0.515. The van der Waals surface area contributed by atoms with E-state index in [0.29, 0.717) is 11.6 Å². The molecular formula is C16H18N4. The highest BCUT2D eigenvalue weighted by Crippen LogP contribution is 2.20. The van der Waals surface area contributed by atoms with E-state index in [-0.39, 0.29) is 0 Å². The van der Waals surface area contributed by atoms with Crippen LogP contribution in [0.1, 0.15) is 29.8 Å². The van der Waals surface area contributed by atoms with Gasteiger partial charge >= 0.3 is 0 Å². The van der Waals surface area contributed by atoms with Crippen molar-refractivity contribution in [3.8, 4) is 6.07 Å². The molecule has 102 valence electrons. The van der Waals surface area contributed by atoms with E-state index in [0.717, 1.165) is 31.9 Å². The van der Waals surface area contributed by atoms with Gasteiger partial charge in [0, 0.05) is 19.6 Å². The lowest BCUT2D eigenvalue weighted by molar-refractivity contribution is 0.204. The molecule has 1 aromatic heterocycles. The van der Waals surface area contributed by atoms with Crippen LogP contribution in [-0.2, 0) is 13.1 Å². The molecule has 1 aliphatic heterocycles. The van der Waals surface area contributed by atoms with E-state index in [1.54, 1.807) is 0 Å². The van der Waals surface area contributed by atoms with Crippen LogP contribution in [-0.4, -0.2) is 27.8 Å². The van der Waals surface area contributed by atoms with E-state index in [1.807, 2.05) is 10.7 Å². The average Bonchev–Trinajstić information content (AvgIpc) is 2.90. The molecule has 0 bridgehead atoms. The minimum atomic E-state index is 0.515. The fourth-order valence-electron chi connectivity index (χ4n) is 2.81. The van der Waals surface area contributed by atoms with Gasteiger partial charge in [0.1, 0.15) is 6.07 Å². The quantitative estimate of drug-likeness (QED) is 0.856. The predicted octanol–water partition coefficient (Wildman–Crippen LogP) is 2.37. The van der Waals surface area contributed by atoms with E-state index < -0.39 is 0 Å². The fraction of sp³-hybridized carbons (Fsp3) is 0.375. The van der Waals surface area contributed by atoms with Crippen LogP contribution in [0.25, 0.3) is 0 Å². The highest BCUT2D eigenvalue weighted by atomic mass is 15.3. The van der Waals surface area contributed by atoms with E-state index in [9.17, 15) is 0 Å². The van der Waals surface area contributed by atoms with Gasteiger partial charge in [0.15, 0.2) is 5.69 Å². The second kappa shape index (κ2) is 5.48. The van der Waals surface area contributed by atoms with Gasteiger partial charge in [-0.05, 0) is 17.5 Å². The lowest BCUT2D eigenvalue weighted by Crippen LogP contribution is -2.36. The van der Waals surface area contributed by atoms with Gasteiger partial charge in [-0.15, -0.1) is 0 Å². The summed E-state index contributed by atoms with van der Waals surface area (Å²) in [6.07, 6.45) is 0. The first-order chi connectivity index (χ1) is 9.76. The number of hydrogen-bond acceptors (Lipinski definition) is 3. The molecule has 4 heteroatoms. The van der Waals surface area contributed by atoms with E-state index in [4.69, 9.17) is 5.26 Å². The molecule has 2 heterocycles. The maximum atomic E-state index is 8.91. The first kappa shape index (κ1) is 12.9. The molecule has 0 amide bonds. The monoisotopic (exact) mass is 266 g/mol. The summed E-state index contributed by atoms with van der Waals surface area (Å²) in [6, 6.07) is 14.6. The van der Waals surface area contributed by atoms with Crippen LogP contribution in [0.5, 0.6) is 0 Å². The number of benzene rings is 1. The molecule has 20 heavy (non-hydrogen) atoms. The maximum absolute atomic E-state index is 8.91. The van der Waals surface area contributed by atoms with Crippen LogP contribution in [0.3, 0.4) is 0 Å². The Morgan fingerprint density at radius 3 is 2.85 bits per heavy atom. The average molecular weight is 266 g/mol. The lowest BCUT2D eigenvalue weighted by atomic mass is 10.0. The summed E-state index contributed by atoms with van der Waals surface area (Å²) in [4.78, 5) is 2.44. The van der Waals surface area contributed by atoms with Gasteiger partial charge in [-0.1, -0.05) is 37.3 Å². The molecule has 0 N–H and O–H groups in total. The van der Waals surface area contributed by atoms with E-state index in [2.05, 4.69) is 53.3 Å². The van der Waals surface area contributed by atoms with Gasteiger partial charge < -0.3 is 0 Å². The van der Waals surface area contributed by atoms with Gasteiger partial charge in [-0.3, -0.25) is 9.58 Å². The zero-order chi connectivity index (χ0) is 13.9. The topological polar surface area (TPSA) is 44.9 Å². The van der Waals surface area contributed by atoms with Crippen molar-refractivity contribution >= 4 is 0 Å². The fourth-order valence-corrected chi connectivity index (χ4v) is 2.81. The van der Waals surface area contributed by atoms with Crippen LogP contribution in [0.15, 0.2) is 36.4 Å². The summed E-state index contributed by atoms with van der Waals surface area (Å²) in [7, 11) is 0. The Morgan fingerprint density at radius 2 is 2.10 bits per heavy atom. The zero-order valence-electron chi connectivity index (χ0n) is 11.7. The molecule has 0 spiro atoms. The summed E-state index contributed by atoms with van der Waals surface area (Å²) < 4.78 is 1.96. The van der Waals surface area contributed by atoms with E-state index in [1.165, 1.54) is 5.56 Å². The summed E-state index contributed by atoms with van der Waals surface area (Å²) in [5.74, 6) is 0.515. The Bertz CT molecular complexity index is 624. The summed E-state index contributed by atoms with van der Waals surface area (Å²) in [6.45, 7) is 6.06. The Labute approximate surface area is 119 Å². The van der Waals surface area contributed by atoms with Crippen molar-refractivity contribution in [3.05, 3.63) is 53.3 Å². The molecule has 0 radical (unpaired) electrons. The summed E-state index contributed by atoms with van der Waals surface area (Å²) >= 11 is 0. The lowest BCUT2D eigenvalue weighted by Gasteiger charge is -2.29. The van der Waals surface area contributed by atoms with Crippen molar-refractivity contribution in [1.29, 1.82) is 5.26 Å². The Balaban J connectivity index is 1.67. The summed E-state index contributed by atoms with van der Waals surface area (Å²) in [5, 5.41) is 13.2. The van der Waals surface area contributed by atoms with Crippen molar-refractivity contribution in [2.24, 2.45) is 0 Å². The van der Waals surface area contributed by atoms with Crippen LogP contribution in [0.4, 0.5) is 0 Å². The molecule has 1 atom stereocenters.